The van der Waals surface area contributed by atoms with Gasteiger partial charge in [-0.15, -0.1) is 10.2 Å². The second kappa shape index (κ2) is 5.25. The molecule has 5 heteroatoms. The number of aromatic carboxylic acids is 1. The SMILES string of the molecule is C=C(C)CN(CC)c1ccc(C(=O)O)nn1. The lowest BCUT2D eigenvalue weighted by molar-refractivity contribution is 0.0689. The second-order valence-corrected chi connectivity index (χ2v) is 3.55. The third kappa shape index (κ3) is 3.05. The van der Waals surface area contributed by atoms with Crippen LogP contribution in [0.5, 0.6) is 0 Å². The minimum Gasteiger partial charge on any atom is -0.476 e. The highest BCUT2D eigenvalue weighted by Crippen LogP contribution is 2.10. The number of likely N-dealkylation sites (N-methyl/N-ethyl adjacent to an activating group) is 1. The molecule has 0 saturated heterocycles. The molecule has 0 amide bonds. The minimum absolute atomic E-state index is 0.0462. The van der Waals surface area contributed by atoms with Crippen LogP contribution in [0.3, 0.4) is 0 Å². The van der Waals surface area contributed by atoms with Crippen molar-refractivity contribution < 1.29 is 9.90 Å². The molecule has 1 N–H and O–H groups in total. The fourth-order valence-corrected chi connectivity index (χ4v) is 1.29. The quantitative estimate of drug-likeness (QED) is 0.764. The van der Waals surface area contributed by atoms with E-state index in [-0.39, 0.29) is 5.69 Å². The van der Waals surface area contributed by atoms with Crippen LogP contribution in [-0.4, -0.2) is 34.4 Å². The monoisotopic (exact) mass is 221 g/mol. The molecule has 1 rings (SSSR count). The molecule has 1 heterocycles. The summed E-state index contributed by atoms with van der Waals surface area (Å²) in [5.74, 6) is -0.405. The number of hydrogen-bond donors (Lipinski definition) is 1. The Balaban J connectivity index is 2.86. The summed E-state index contributed by atoms with van der Waals surface area (Å²) in [6.07, 6.45) is 0. The molecule has 0 fully saturated rings. The van der Waals surface area contributed by atoms with Gasteiger partial charge in [0.2, 0.25) is 0 Å². The van der Waals surface area contributed by atoms with Crippen molar-refractivity contribution in [2.24, 2.45) is 0 Å². The molecule has 0 aliphatic carbocycles. The van der Waals surface area contributed by atoms with Gasteiger partial charge in [-0.3, -0.25) is 0 Å². The van der Waals surface area contributed by atoms with E-state index < -0.39 is 5.97 Å². The normalized spacial score (nSPS) is 9.88. The lowest BCUT2D eigenvalue weighted by Crippen LogP contribution is -2.25. The van der Waals surface area contributed by atoms with Crippen molar-refractivity contribution in [3.05, 3.63) is 30.0 Å². The Bertz CT molecular complexity index is 387. The zero-order valence-electron chi connectivity index (χ0n) is 9.47. The Morgan fingerprint density at radius 3 is 2.56 bits per heavy atom. The molecule has 0 atom stereocenters. The van der Waals surface area contributed by atoms with Crippen molar-refractivity contribution in [3.63, 3.8) is 0 Å². The Morgan fingerprint density at radius 2 is 2.19 bits per heavy atom. The average Bonchev–Trinajstić information content (AvgIpc) is 2.25. The van der Waals surface area contributed by atoms with Crippen molar-refractivity contribution in [1.82, 2.24) is 10.2 Å². The number of anilines is 1. The predicted octanol–water partition coefficient (Wildman–Crippen LogP) is 1.58. The Hall–Kier alpha value is -1.91. The van der Waals surface area contributed by atoms with Crippen molar-refractivity contribution in [1.29, 1.82) is 0 Å². The van der Waals surface area contributed by atoms with Crippen LogP contribution in [-0.2, 0) is 0 Å². The number of carboxylic acid groups (broad SMARTS) is 1. The van der Waals surface area contributed by atoms with Crippen molar-refractivity contribution >= 4 is 11.8 Å². The van der Waals surface area contributed by atoms with Crippen LogP contribution in [0.4, 0.5) is 5.82 Å². The van der Waals surface area contributed by atoms with Gasteiger partial charge in [0.25, 0.3) is 0 Å². The molecule has 1 aromatic heterocycles. The van der Waals surface area contributed by atoms with E-state index in [2.05, 4.69) is 16.8 Å². The van der Waals surface area contributed by atoms with Gasteiger partial charge in [-0.2, -0.15) is 0 Å². The number of carbonyl (C=O) groups is 1. The first-order chi connectivity index (χ1) is 7.54. The highest BCUT2D eigenvalue weighted by Gasteiger charge is 2.09. The largest absolute Gasteiger partial charge is 0.476 e. The highest BCUT2D eigenvalue weighted by atomic mass is 16.4. The van der Waals surface area contributed by atoms with Crippen LogP contribution in [0, 0.1) is 0 Å². The van der Waals surface area contributed by atoms with Gasteiger partial charge in [0.1, 0.15) is 0 Å². The molecule has 0 aromatic carbocycles. The predicted molar refractivity (Wildman–Crippen MR) is 61.7 cm³/mol. The van der Waals surface area contributed by atoms with Crippen LogP contribution >= 0.6 is 0 Å². The van der Waals surface area contributed by atoms with E-state index in [4.69, 9.17) is 5.11 Å². The lowest BCUT2D eigenvalue weighted by Gasteiger charge is -2.21. The summed E-state index contributed by atoms with van der Waals surface area (Å²) in [5, 5.41) is 16.2. The molecule has 0 aliphatic rings. The number of carboxylic acids is 1. The van der Waals surface area contributed by atoms with E-state index in [1.165, 1.54) is 6.07 Å². The molecule has 0 spiro atoms. The zero-order chi connectivity index (χ0) is 12.1. The molecule has 0 aliphatic heterocycles. The first-order valence-corrected chi connectivity index (χ1v) is 5.01. The average molecular weight is 221 g/mol. The van der Waals surface area contributed by atoms with Gasteiger partial charge < -0.3 is 10.0 Å². The summed E-state index contributed by atoms with van der Waals surface area (Å²) in [6, 6.07) is 3.11. The third-order valence-corrected chi connectivity index (χ3v) is 2.04. The standard InChI is InChI=1S/C11H15N3O2/c1-4-14(7-8(2)3)10-6-5-9(11(15)16)12-13-10/h5-6H,2,4,7H2,1,3H3,(H,15,16). The zero-order valence-corrected chi connectivity index (χ0v) is 9.47. The van der Waals surface area contributed by atoms with Crippen LogP contribution in [0.1, 0.15) is 24.3 Å². The Morgan fingerprint density at radius 1 is 1.50 bits per heavy atom. The molecule has 0 saturated carbocycles. The van der Waals surface area contributed by atoms with E-state index in [0.717, 1.165) is 12.1 Å². The van der Waals surface area contributed by atoms with Gasteiger partial charge in [-0.25, -0.2) is 4.79 Å². The van der Waals surface area contributed by atoms with E-state index in [9.17, 15) is 4.79 Å². The number of hydrogen-bond acceptors (Lipinski definition) is 4. The maximum absolute atomic E-state index is 10.6. The molecule has 16 heavy (non-hydrogen) atoms. The summed E-state index contributed by atoms with van der Waals surface area (Å²) < 4.78 is 0. The van der Waals surface area contributed by atoms with Crippen LogP contribution in [0.15, 0.2) is 24.3 Å². The van der Waals surface area contributed by atoms with Gasteiger partial charge in [-0.1, -0.05) is 12.2 Å². The Labute approximate surface area is 94.4 Å². The van der Waals surface area contributed by atoms with Crippen molar-refractivity contribution in [2.75, 3.05) is 18.0 Å². The summed E-state index contributed by atoms with van der Waals surface area (Å²) >= 11 is 0. The number of aromatic nitrogens is 2. The topological polar surface area (TPSA) is 66.3 Å². The van der Waals surface area contributed by atoms with E-state index in [0.29, 0.717) is 12.4 Å². The molecular formula is C11H15N3O2. The first-order valence-electron chi connectivity index (χ1n) is 5.01. The fraction of sp³-hybridized carbons (Fsp3) is 0.364. The van der Waals surface area contributed by atoms with Crippen LogP contribution in [0.25, 0.3) is 0 Å². The first kappa shape index (κ1) is 12.2. The number of nitrogens with zero attached hydrogens (tertiary/aromatic N) is 3. The molecule has 5 nitrogen and oxygen atoms in total. The summed E-state index contributed by atoms with van der Waals surface area (Å²) in [4.78, 5) is 12.6. The molecule has 0 bridgehead atoms. The molecule has 1 aromatic rings. The molecule has 0 unspecified atom stereocenters. The summed E-state index contributed by atoms with van der Waals surface area (Å²) in [7, 11) is 0. The van der Waals surface area contributed by atoms with Crippen LogP contribution in [0.2, 0.25) is 0 Å². The third-order valence-electron chi connectivity index (χ3n) is 2.04. The van der Waals surface area contributed by atoms with E-state index in [1.54, 1.807) is 6.07 Å². The second-order valence-electron chi connectivity index (χ2n) is 3.55. The molecular weight excluding hydrogens is 206 g/mol. The highest BCUT2D eigenvalue weighted by molar-refractivity contribution is 5.85. The Kier molecular flexibility index (Phi) is 3.99. The lowest BCUT2D eigenvalue weighted by atomic mass is 10.3. The van der Waals surface area contributed by atoms with Gasteiger partial charge in [0, 0.05) is 13.1 Å². The number of rotatable bonds is 5. The smallest absolute Gasteiger partial charge is 0.356 e. The van der Waals surface area contributed by atoms with Gasteiger partial charge in [-0.05, 0) is 26.0 Å². The van der Waals surface area contributed by atoms with Crippen molar-refractivity contribution in [2.45, 2.75) is 13.8 Å². The molecule has 0 radical (unpaired) electrons. The van der Waals surface area contributed by atoms with E-state index >= 15 is 0 Å². The maximum atomic E-state index is 10.6. The summed E-state index contributed by atoms with van der Waals surface area (Å²) in [6.45, 7) is 9.22. The molecule has 86 valence electrons. The van der Waals surface area contributed by atoms with Gasteiger partial charge >= 0.3 is 5.97 Å². The van der Waals surface area contributed by atoms with Crippen molar-refractivity contribution in [3.8, 4) is 0 Å². The minimum atomic E-state index is -1.07. The van der Waals surface area contributed by atoms with Crippen LogP contribution < -0.4 is 4.90 Å². The maximum Gasteiger partial charge on any atom is 0.356 e. The summed E-state index contributed by atoms with van der Waals surface area (Å²) in [5.41, 5.74) is 0.973. The van der Waals surface area contributed by atoms with Gasteiger partial charge in [0.05, 0.1) is 0 Å². The van der Waals surface area contributed by atoms with Gasteiger partial charge in [0.15, 0.2) is 11.5 Å². The fourth-order valence-electron chi connectivity index (χ4n) is 1.29. The van der Waals surface area contributed by atoms with E-state index in [1.807, 2.05) is 18.7 Å².